The van der Waals surface area contributed by atoms with Gasteiger partial charge in [0.2, 0.25) is 5.91 Å². The number of nitrogens with zero attached hydrogens (tertiary/aromatic N) is 2. The number of rotatable bonds is 7. The minimum atomic E-state index is -5.03. The van der Waals surface area contributed by atoms with Gasteiger partial charge < -0.3 is 15.5 Å². The summed E-state index contributed by atoms with van der Waals surface area (Å²) in [5, 5.41) is 22.9. The molecule has 0 bridgehead atoms. The summed E-state index contributed by atoms with van der Waals surface area (Å²) in [6.07, 6.45) is -1.90. The van der Waals surface area contributed by atoms with Gasteiger partial charge >= 0.3 is 6.18 Å². The Morgan fingerprint density at radius 2 is 2.13 bits per heavy atom. The van der Waals surface area contributed by atoms with Crippen molar-refractivity contribution in [2.45, 2.75) is 44.2 Å². The number of hydrogen-bond acceptors (Lipinski definition) is 6. The van der Waals surface area contributed by atoms with Crippen molar-refractivity contribution in [3.63, 3.8) is 0 Å². The number of allylic oxidation sites excluding steroid dienone is 1. The van der Waals surface area contributed by atoms with E-state index in [1.807, 2.05) is 0 Å². The maximum atomic E-state index is 15.3. The zero-order chi connectivity index (χ0) is 28.3. The van der Waals surface area contributed by atoms with Gasteiger partial charge in [0.1, 0.15) is 28.6 Å². The molecule has 0 radical (unpaired) electrons. The second kappa shape index (κ2) is 11.7. The van der Waals surface area contributed by atoms with E-state index in [9.17, 15) is 27.6 Å². The normalized spacial score (nSPS) is 21.6. The van der Waals surface area contributed by atoms with E-state index < -0.39 is 46.8 Å². The van der Waals surface area contributed by atoms with Crippen LogP contribution in [0.1, 0.15) is 45.7 Å². The lowest BCUT2D eigenvalue weighted by Crippen LogP contribution is -2.37. The zero-order valence-corrected chi connectivity index (χ0v) is 21.7. The summed E-state index contributed by atoms with van der Waals surface area (Å²) in [5.74, 6) is -2.11. The maximum Gasteiger partial charge on any atom is 0.433 e. The fourth-order valence-electron chi connectivity index (χ4n) is 4.82. The van der Waals surface area contributed by atoms with Gasteiger partial charge in [-0.1, -0.05) is 18.2 Å². The first kappa shape index (κ1) is 28.4. The number of thiophene rings is 1. The van der Waals surface area contributed by atoms with Crippen molar-refractivity contribution in [1.29, 1.82) is 10.7 Å². The lowest BCUT2D eigenvalue weighted by atomic mass is 9.82. The molecule has 0 spiro atoms. The predicted molar refractivity (Wildman–Crippen MR) is 139 cm³/mol. The van der Waals surface area contributed by atoms with E-state index in [1.54, 1.807) is 19.1 Å². The molecule has 0 unspecified atom stereocenters. The minimum Gasteiger partial charge on any atom is -0.391 e. The van der Waals surface area contributed by atoms with Crippen LogP contribution in [0.5, 0.6) is 0 Å². The molecule has 0 aliphatic carbocycles. The zero-order valence-electron chi connectivity index (χ0n) is 20.9. The van der Waals surface area contributed by atoms with E-state index in [4.69, 9.17) is 5.41 Å². The Bertz CT molecular complexity index is 1360. The van der Waals surface area contributed by atoms with E-state index >= 15 is 4.39 Å². The summed E-state index contributed by atoms with van der Waals surface area (Å²) in [6, 6.07) is 7.25. The Morgan fingerprint density at radius 3 is 2.77 bits per heavy atom. The number of alkyl halides is 4. The molecule has 1 saturated heterocycles. The maximum absolute atomic E-state index is 15.3. The lowest BCUT2D eigenvalue weighted by Gasteiger charge is -2.34. The highest BCUT2D eigenvalue weighted by atomic mass is 32.1. The van der Waals surface area contributed by atoms with Gasteiger partial charge in [0.25, 0.3) is 0 Å². The van der Waals surface area contributed by atoms with Crippen LogP contribution in [0.4, 0.5) is 22.0 Å². The van der Waals surface area contributed by atoms with Crippen molar-refractivity contribution < 1.29 is 26.7 Å². The van der Waals surface area contributed by atoms with Crippen LogP contribution in [0.25, 0.3) is 5.57 Å². The first-order chi connectivity index (χ1) is 18.5. The molecule has 3 atom stereocenters. The highest BCUT2D eigenvalue weighted by Crippen LogP contribution is 2.42. The lowest BCUT2D eigenvalue weighted by molar-refractivity contribution is -0.127. The Labute approximate surface area is 226 Å². The number of carbonyl (C=O) groups excluding carboxylic acids is 1. The quantitative estimate of drug-likeness (QED) is 0.251. The molecule has 2 aliphatic rings. The number of benzene rings is 1. The number of halogens is 5. The molecular weight excluding hydrogens is 537 g/mol. The third-order valence-electron chi connectivity index (χ3n) is 6.65. The van der Waals surface area contributed by atoms with Crippen LogP contribution >= 0.6 is 11.3 Å². The van der Waals surface area contributed by atoms with Crippen LogP contribution in [0.15, 0.2) is 42.6 Å². The van der Waals surface area contributed by atoms with Crippen molar-refractivity contribution in [2.24, 2.45) is 0 Å². The van der Waals surface area contributed by atoms with E-state index in [-0.39, 0.29) is 44.2 Å². The second-order valence-electron chi connectivity index (χ2n) is 9.27. The van der Waals surface area contributed by atoms with Gasteiger partial charge in [0.05, 0.1) is 6.54 Å². The van der Waals surface area contributed by atoms with Crippen LogP contribution in [0.3, 0.4) is 0 Å². The SMILES string of the molecule is CCN/C=C(\C(=N)C(F)(F)F)c1c(F)cccc1[C@@H]1CN(C(=O)/C=C/[C@@H]2C[C@H](F)CN2)Cc2sc(C#N)cc21. The van der Waals surface area contributed by atoms with Crippen LogP contribution in [-0.4, -0.2) is 54.5 Å². The largest absolute Gasteiger partial charge is 0.433 e. The van der Waals surface area contributed by atoms with Crippen molar-refractivity contribution in [2.75, 3.05) is 19.6 Å². The van der Waals surface area contributed by atoms with Gasteiger partial charge in [-0.05, 0) is 36.6 Å². The van der Waals surface area contributed by atoms with Crippen molar-refractivity contribution in [3.05, 3.63) is 74.9 Å². The summed E-state index contributed by atoms with van der Waals surface area (Å²) < 4.78 is 69.9. The van der Waals surface area contributed by atoms with E-state index in [0.717, 1.165) is 23.6 Å². The third-order valence-corrected chi connectivity index (χ3v) is 7.69. The predicted octanol–water partition coefficient (Wildman–Crippen LogP) is 5.02. The van der Waals surface area contributed by atoms with Crippen LogP contribution in [0.2, 0.25) is 0 Å². The fourth-order valence-corrected chi connectivity index (χ4v) is 5.86. The number of amides is 1. The Kier molecular flexibility index (Phi) is 8.51. The molecule has 206 valence electrons. The third kappa shape index (κ3) is 6.20. The molecular formula is C27H26F5N5OS. The molecule has 1 fully saturated rings. The first-order valence-electron chi connectivity index (χ1n) is 12.3. The van der Waals surface area contributed by atoms with E-state index in [0.29, 0.717) is 15.3 Å². The molecule has 0 saturated carbocycles. The fraction of sp³-hybridized carbons (Fsp3) is 0.370. The van der Waals surface area contributed by atoms with Gasteiger partial charge in [-0.25, -0.2) is 8.78 Å². The summed E-state index contributed by atoms with van der Waals surface area (Å²) >= 11 is 1.16. The summed E-state index contributed by atoms with van der Waals surface area (Å²) in [5.41, 5.74) is -1.98. The van der Waals surface area contributed by atoms with Crippen LogP contribution in [0, 0.1) is 22.6 Å². The molecule has 2 aliphatic heterocycles. The second-order valence-corrected chi connectivity index (χ2v) is 10.4. The van der Waals surface area contributed by atoms with Crippen LogP contribution in [-0.2, 0) is 11.3 Å². The van der Waals surface area contributed by atoms with Crippen molar-refractivity contribution in [3.8, 4) is 6.07 Å². The molecule has 39 heavy (non-hydrogen) atoms. The average molecular weight is 564 g/mol. The van der Waals surface area contributed by atoms with Crippen molar-refractivity contribution in [1.82, 2.24) is 15.5 Å². The van der Waals surface area contributed by atoms with Gasteiger partial charge in [-0.2, -0.15) is 18.4 Å². The number of nitrogens with one attached hydrogen (secondary N) is 3. The first-order valence-corrected chi connectivity index (χ1v) is 13.1. The summed E-state index contributed by atoms with van der Waals surface area (Å²) in [4.78, 5) is 15.6. The van der Waals surface area contributed by atoms with Gasteiger partial charge in [0, 0.05) is 59.9 Å². The molecule has 1 aromatic heterocycles. The molecule has 1 amide bonds. The number of nitriles is 1. The molecule has 3 heterocycles. The Balaban J connectivity index is 1.78. The average Bonchev–Trinajstić information content (AvgIpc) is 3.52. The Morgan fingerprint density at radius 1 is 1.36 bits per heavy atom. The molecule has 4 rings (SSSR count). The van der Waals surface area contributed by atoms with Crippen molar-refractivity contribution >= 4 is 28.5 Å². The Hall–Kier alpha value is -3.56. The number of carbonyl (C=O) groups is 1. The van der Waals surface area contributed by atoms with E-state index in [2.05, 4.69) is 16.7 Å². The number of fused-ring (bicyclic) bond motifs is 1. The van der Waals surface area contributed by atoms with Gasteiger partial charge in [-0.15, -0.1) is 11.3 Å². The molecule has 3 N–H and O–H groups in total. The monoisotopic (exact) mass is 563 g/mol. The standard InChI is InChI=1S/C27H26F5N5OS/c1-2-35-12-20(26(34)27(30,31)32)25-18(4-3-5-22(25)29)21-13-37(14-23-19(21)9-17(10-33)39-23)24(38)7-6-16-8-15(28)11-36-16/h3-7,9,12,15-16,21,34-36H,2,8,11,13-14H2,1H3/b7-6+,20-12-,34-26?/t15-,16+,21-/m0/s1. The van der Waals surface area contributed by atoms with Crippen LogP contribution < -0.4 is 10.6 Å². The highest BCUT2D eigenvalue weighted by Gasteiger charge is 2.40. The van der Waals surface area contributed by atoms with Gasteiger partial charge in [0.15, 0.2) is 0 Å². The highest BCUT2D eigenvalue weighted by molar-refractivity contribution is 7.12. The molecule has 6 nitrogen and oxygen atoms in total. The molecule has 1 aromatic carbocycles. The topological polar surface area (TPSA) is 92.0 Å². The smallest absolute Gasteiger partial charge is 0.391 e. The minimum absolute atomic E-state index is 0.00585. The molecule has 12 heteroatoms. The van der Waals surface area contributed by atoms with E-state index in [1.165, 1.54) is 23.1 Å². The van der Waals surface area contributed by atoms with Gasteiger partial charge in [-0.3, -0.25) is 10.2 Å². The number of hydrogen-bond donors (Lipinski definition) is 3. The summed E-state index contributed by atoms with van der Waals surface area (Å²) in [7, 11) is 0. The molecule has 2 aromatic rings. The summed E-state index contributed by atoms with van der Waals surface area (Å²) in [6.45, 7) is 2.26.